The van der Waals surface area contributed by atoms with E-state index in [9.17, 15) is 24.5 Å². The van der Waals surface area contributed by atoms with Crippen LogP contribution in [0, 0.1) is 24.0 Å². The lowest BCUT2D eigenvalue weighted by Gasteiger charge is -2.32. The Morgan fingerprint density at radius 3 is 2.28 bits per heavy atom. The molecule has 9 nitrogen and oxygen atoms in total. The van der Waals surface area contributed by atoms with Crippen molar-refractivity contribution in [1.82, 2.24) is 4.90 Å². The van der Waals surface area contributed by atoms with Crippen molar-refractivity contribution in [2.45, 2.75) is 39.0 Å². The number of hydrogen-bond donors (Lipinski definition) is 1. The molecule has 0 aliphatic carbocycles. The number of nitro groups is 1. The summed E-state index contributed by atoms with van der Waals surface area (Å²) in [7, 11) is 1.18. The molecule has 1 aliphatic rings. The van der Waals surface area contributed by atoms with E-state index in [1.807, 2.05) is 23.1 Å². The number of aryl methyl sites for hydroxylation is 2. The Morgan fingerprint density at radius 1 is 0.974 bits per heavy atom. The van der Waals surface area contributed by atoms with Gasteiger partial charge in [-0.15, -0.1) is 0 Å². The standard InChI is InChI=1S/C30H31N3O6/c1-19-4-5-21(16-20(19)2)17-28(34)32-14-12-23(13-15-32)22-6-9-25(10-7-22)31-29(35)26-11-8-24(30(36)39-3)18-27(26)33(37)38/h4-11,16,18,23H,12-15,17H2,1-3H3,(H,31,35). The van der Waals surface area contributed by atoms with Crippen molar-refractivity contribution in [2.75, 3.05) is 25.5 Å². The minimum Gasteiger partial charge on any atom is -0.465 e. The SMILES string of the molecule is COC(=O)c1ccc(C(=O)Nc2ccc(C3CCN(C(=O)Cc4ccc(C)c(C)c4)CC3)cc2)c([N+](=O)[O-])c1. The maximum absolute atomic E-state index is 12.8. The normalized spacial score (nSPS) is 13.6. The first-order chi connectivity index (χ1) is 18.7. The molecule has 0 atom stereocenters. The molecule has 3 aromatic rings. The molecule has 4 rings (SSSR count). The molecule has 0 aromatic heterocycles. The van der Waals surface area contributed by atoms with Gasteiger partial charge < -0.3 is 15.0 Å². The number of amides is 2. The number of nitrogens with zero attached hydrogens (tertiary/aromatic N) is 2. The lowest BCUT2D eigenvalue weighted by molar-refractivity contribution is -0.385. The van der Waals surface area contributed by atoms with Gasteiger partial charge in [0.25, 0.3) is 11.6 Å². The van der Waals surface area contributed by atoms with Gasteiger partial charge in [-0.2, -0.15) is 0 Å². The molecule has 9 heteroatoms. The van der Waals surface area contributed by atoms with Gasteiger partial charge in [0.2, 0.25) is 5.91 Å². The molecule has 1 N–H and O–H groups in total. The number of nitro benzene ring substituents is 1. The molecule has 1 fully saturated rings. The van der Waals surface area contributed by atoms with E-state index in [1.165, 1.54) is 30.4 Å². The minimum atomic E-state index is -0.725. The highest BCUT2D eigenvalue weighted by Gasteiger charge is 2.25. The zero-order chi connectivity index (χ0) is 28.1. The molecule has 1 heterocycles. The van der Waals surface area contributed by atoms with Crippen LogP contribution in [0.1, 0.15) is 61.7 Å². The molecule has 1 saturated heterocycles. The molecule has 0 unspecified atom stereocenters. The van der Waals surface area contributed by atoms with E-state index in [1.54, 1.807) is 12.1 Å². The van der Waals surface area contributed by atoms with Gasteiger partial charge in [0.1, 0.15) is 5.56 Å². The first kappa shape index (κ1) is 27.5. The highest BCUT2D eigenvalue weighted by Crippen LogP contribution is 2.30. The number of hydrogen-bond acceptors (Lipinski definition) is 6. The molecule has 39 heavy (non-hydrogen) atoms. The van der Waals surface area contributed by atoms with Crippen molar-refractivity contribution < 1.29 is 24.0 Å². The van der Waals surface area contributed by atoms with Crippen molar-refractivity contribution in [1.29, 1.82) is 0 Å². The summed E-state index contributed by atoms with van der Waals surface area (Å²) < 4.78 is 4.60. The molecule has 0 saturated carbocycles. The third kappa shape index (κ3) is 6.49. The Morgan fingerprint density at radius 2 is 1.67 bits per heavy atom. The number of methoxy groups -OCH3 is 1. The average Bonchev–Trinajstić information content (AvgIpc) is 2.94. The number of carbonyl (C=O) groups is 3. The fraction of sp³-hybridized carbons (Fsp3) is 0.300. The molecule has 0 bridgehead atoms. The number of nitrogens with one attached hydrogen (secondary N) is 1. The second kappa shape index (κ2) is 11.9. The van der Waals surface area contributed by atoms with Gasteiger partial charge in [0.15, 0.2) is 0 Å². The predicted octanol–water partition coefficient (Wildman–Crippen LogP) is 5.20. The van der Waals surface area contributed by atoms with Crippen LogP contribution in [0.3, 0.4) is 0 Å². The second-order valence-electron chi connectivity index (χ2n) is 9.81. The predicted molar refractivity (Wildman–Crippen MR) is 147 cm³/mol. The van der Waals surface area contributed by atoms with Crippen molar-refractivity contribution in [3.63, 3.8) is 0 Å². The lowest BCUT2D eigenvalue weighted by Crippen LogP contribution is -2.38. The summed E-state index contributed by atoms with van der Waals surface area (Å²) in [5.74, 6) is -0.936. The summed E-state index contributed by atoms with van der Waals surface area (Å²) in [5, 5.41) is 14.2. The Hall–Kier alpha value is -4.53. The highest BCUT2D eigenvalue weighted by molar-refractivity contribution is 6.07. The van der Waals surface area contributed by atoms with E-state index in [2.05, 4.69) is 36.0 Å². The Kier molecular flexibility index (Phi) is 8.39. The summed E-state index contributed by atoms with van der Waals surface area (Å²) in [5.41, 5.74) is 4.40. The number of ether oxygens (including phenoxy) is 1. The average molecular weight is 530 g/mol. The largest absolute Gasteiger partial charge is 0.465 e. The van der Waals surface area contributed by atoms with Crippen molar-refractivity contribution in [3.8, 4) is 0 Å². The van der Waals surface area contributed by atoms with Gasteiger partial charge in [0, 0.05) is 24.8 Å². The summed E-state index contributed by atoms with van der Waals surface area (Å²) in [6, 6.07) is 17.1. The zero-order valence-corrected chi connectivity index (χ0v) is 22.2. The van der Waals surface area contributed by atoms with Gasteiger partial charge in [-0.05, 0) is 79.1 Å². The van der Waals surface area contributed by atoms with Crippen LogP contribution >= 0.6 is 0 Å². The monoisotopic (exact) mass is 529 g/mol. The van der Waals surface area contributed by atoms with Gasteiger partial charge in [-0.1, -0.05) is 30.3 Å². The molecule has 1 aliphatic heterocycles. The van der Waals surface area contributed by atoms with E-state index in [4.69, 9.17) is 0 Å². The number of benzene rings is 3. The lowest BCUT2D eigenvalue weighted by atomic mass is 9.89. The van der Waals surface area contributed by atoms with Crippen LogP contribution in [0.15, 0.2) is 60.7 Å². The van der Waals surface area contributed by atoms with Gasteiger partial charge in [0.05, 0.1) is 24.0 Å². The third-order valence-electron chi connectivity index (χ3n) is 7.27. The molecule has 0 spiro atoms. The smallest absolute Gasteiger partial charge is 0.338 e. The second-order valence-corrected chi connectivity index (χ2v) is 9.81. The Labute approximate surface area is 226 Å². The van der Waals surface area contributed by atoms with Crippen molar-refractivity contribution >= 4 is 29.2 Å². The molecule has 2 amide bonds. The Balaban J connectivity index is 1.34. The zero-order valence-electron chi connectivity index (χ0n) is 22.2. The van der Waals surface area contributed by atoms with Gasteiger partial charge in [-0.25, -0.2) is 4.79 Å². The molecule has 0 radical (unpaired) electrons. The van der Waals surface area contributed by atoms with Crippen LogP contribution in [-0.2, 0) is 16.0 Å². The van der Waals surface area contributed by atoms with E-state index in [-0.39, 0.29) is 17.0 Å². The quantitative estimate of drug-likeness (QED) is 0.255. The van der Waals surface area contributed by atoms with Gasteiger partial charge >= 0.3 is 5.97 Å². The summed E-state index contributed by atoms with van der Waals surface area (Å²) in [6.07, 6.45) is 2.11. The van der Waals surface area contributed by atoms with E-state index < -0.39 is 22.5 Å². The minimum absolute atomic E-state index is 0.0110. The van der Waals surface area contributed by atoms with Crippen LogP contribution < -0.4 is 5.32 Å². The molecule has 3 aromatic carbocycles. The van der Waals surface area contributed by atoms with Crippen molar-refractivity contribution in [2.24, 2.45) is 0 Å². The number of rotatable bonds is 7. The van der Waals surface area contributed by atoms with E-state index in [0.717, 1.165) is 30.0 Å². The number of esters is 1. The number of likely N-dealkylation sites (tertiary alicyclic amines) is 1. The van der Waals surface area contributed by atoms with Gasteiger partial charge in [-0.3, -0.25) is 19.7 Å². The fourth-order valence-corrected chi connectivity index (χ4v) is 4.82. The highest BCUT2D eigenvalue weighted by atomic mass is 16.6. The molecular weight excluding hydrogens is 498 g/mol. The first-order valence-corrected chi connectivity index (χ1v) is 12.8. The first-order valence-electron chi connectivity index (χ1n) is 12.8. The third-order valence-corrected chi connectivity index (χ3v) is 7.27. The summed E-state index contributed by atoms with van der Waals surface area (Å²) >= 11 is 0. The van der Waals surface area contributed by atoms with Crippen LogP contribution in [0.4, 0.5) is 11.4 Å². The number of anilines is 1. The van der Waals surface area contributed by atoms with Crippen LogP contribution in [0.5, 0.6) is 0 Å². The fourth-order valence-electron chi connectivity index (χ4n) is 4.82. The number of piperidine rings is 1. The molecular formula is C30H31N3O6. The van der Waals surface area contributed by atoms with E-state index in [0.29, 0.717) is 31.1 Å². The topological polar surface area (TPSA) is 119 Å². The van der Waals surface area contributed by atoms with Crippen molar-refractivity contribution in [3.05, 3.63) is 104 Å². The Bertz CT molecular complexity index is 1410. The summed E-state index contributed by atoms with van der Waals surface area (Å²) in [6.45, 7) is 5.50. The van der Waals surface area contributed by atoms with E-state index >= 15 is 0 Å². The number of carbonyl (C=O) groups excluding carboxylic acids is 3. The van der Waals surface area contributed by atoms with Crippen LogP contribution in [0.25, 0.3) is 0 Å². The maximum atomic E-state index is 12.8. The summed E-state index contributed by atoms with van der Waals surface area (Å²) in [4.78, 5) is 50.0. The molecule has 202 valence electrons. The maximum Gasteiger partial charge on any atom is 0.338 e. The van der Waals surface area contributed by atoms with Crippen LogP contribution in [0.2, 0.25) is 0 Å². The van der Waals surface area contributed by atoms with Crippen LogP contribution in [-0.4, -0.2) is 47.8 Å².